The molecule has 0 unspecified atom stereocenters. The standard InChI is InChI=1S/C20H24N4O3/c1-5-19-22-23-20(27-19)15-11-13(3)24(14(15)4)12-18(25)21-16-9-7-8-10-17(16)26-6-2/h7-11H,5-6,12H2,1-4H3,(H,21,25). The summed E-state index contributed by atoms with van der Waals surface area (Å²) in [4.78, 5) is 12.6. The van der Waals surface area contributed by atoms with Gasteiger partial charge in [0.05, 0.1) is 17.9 Å². The van der Waals surface area contributed by atoms with Gasteiger partial charge in [-0.05, 0) is 39.0 Å². The topological polar surface area (TPSA) is 82.2 Å². The summed E-state index contributed by atoms with van der Waals surface area (Å²) in [6.07, 6.45) is 0.688. The lowest BCUT2D eigenvalue weighted by Gasteiger charge is -2.13. The highest BCUT2D eigenvalue weighted by Gasteiger charge is 2.18. The number of aryl methyl sites for hydroxylation is 2. The monoisotopic (exact) mass is 368 g/mol. The molecule has 0 aliphatic heterocycles. The number of aromatic nitrogens is 3. The van der Waals surface area contributed by atoms with E-state index in [-0.39, 0.29) is 12.5 Å². The fraction of sp³-hybridized carbons (Fsp3) is 0.350. The van der Waals surface area contributed by atoms with Crippen LogP contribution in [0.5, 0.6) is 5.75 Å². The Morgan fingerprint density at radius 2 is 2.00 bits per heavy atom. The molecule has 0 bridgehead atoms. The molecule has 1 amide bonds. The predicted octanol–water partition coefficient (Wildman–Crippen LogP) is 3.75. The molecule has 0 radical (unpaired) electrons. The van der Waals surface area contributed by atoms with Gasteiger partial charge in [-0.3, -0.25) is 4.79 Å². The second-order valence-electron chi connectivity index (χ2n) is 6.20. The number of ether oxygens (including phenoxy) is 1. The van der Waals surface area contributed by atoms with Crippen LogP contribution in [0.25, 0.3) is 11.5 Å². The number of para-hydroxylation sites is 2. The zero-order chi connectivity index (χ0) is 19.4. The van der Waals surface area contributed by atoms with Crippen LogP contribution in [0.3, 0.4) is 0 Å². The van der Waals surface area contributed by atoms with E-state index in [1.54, 1.807) is 0 Å². The van der Waals surface area contributed by atoms with E-state index in [1.807, 2.05) is 62.6 Å². The first kappa shape index (κ1) is 18.7. The van der Waals surface area contributed by atoms with Crippen LogP contribution in [0.1, 0.15) is 31.1 Å². The maximum absolute atomic E-state index is 12.6. The number of benzene rings is 1. The minimum atomic E-state index is -0.129. The molecule has 2 heterocycles. The van der Waals surface area contributed by atoms with Crippen LogP contribution in [0.4, 0.5) is 5.69 Å². The van der Waals surface area contributed by atoms with Crippen molar-refractivity contribution in [3.63, 3.8) is 0 Å². The van der Waals surface area contributed by atoms with Gasteiger partial charge in [0.25, 0.3) is 0 Å². The molecule has 142 valence electrons. The van der Waals surface area contributed by atoms with E-state index in [1.165, 1.54) is 0 Å². The van der Waals surface area contributed by atoms with Gasteiger partial charge >= 0.3 is 0 Å². The Morgan fingerprint density at radius 1 is 1.22 bits per heavy atom. The lowest BCUT2D eigenvalue weighted by molar-refractivity contribution is -0.116. The van der Waals surface area contributed by atoms with Crippen LogP contribution >= 0.6 is 0 Å². The van der Waals surface area contributed by atoms with E-state index in [9.17, 15) is 4.79 Å². The highest BCUT2D eigenvalue weighted by molar-refractivity contribution is 5.92. The Morgan fingerprint density at radius 3 is 2.70 bits per heavy atom. The van der Waals surface area contributed by atoms with Crippen LogP contribution in [-0.4, -0.2) is 27.3 Å². The number of amides is 1. The van der Waals surface area contributed by atoms with Crippen molar-refractivity contribution in [3.05, 3.63) is 47.6 Å². The third-order valence-corrected chi connectivity index (χ3v) is 4.34. The van der Waals surface area contributed by atoms with Crippen molar-refractivity contribution in [1.29, 1.82) is 0 Å². The van der Waals surface area contributed by atoms with Gasteiger partial charge in [0, 0.05) is 17.8 Å². The van der Waals surface area contributed by atoms with Crippen molar-refractivity contribution in [2.24, 2.45) is 0 Å². The van der Waals surface area contributed by atoms with Crippen LogP contribution in [0.15, 0.2) is 34.7 Å². The summed E-state index contributed by atoms with van der Waals surface area (Å²) in [5.41, 5.74) is 3.37. The Balaban J connectivity index is 1.79. The number of nitrogens with one attached hydrogen (secondary N) is 1. The molecule has 0 aliphatic carbocycles. The van der Waals surface area contributed by atoms with E-state index in [0.29, 0.717) is 36.2 Å². The first-order valence-electron chi connectivity index (χ1n) is 9.04. The first-order chi connectivity index (χ1) is 13.0. The number of anilines is 1. The van der Waals surface area contributed by atoms with Crippen molar-refractivity contribution in [3.8, 4) is 17.2 Å². The van der Waals surface area contributed by atoms with Gasteiger partial charge < -0.3 is 19.0 Å². The van der Waals surface area contributed by atoms with Crippen molar-refractivity contribution >= 4 is 11.6 Å². The lowest BCUT2D eigenvalue weighted by Crippen LogP contribution is -2.20. The van der Waals surface area contributed by atoms with E-state index in [0.717, 1.165) is 17.0 Å². The smallest absolute Gasteiger partial charge is 0.249 e. The summed E-state index contributed by atoms with van der Waals surface area (Å²) >= 11 is 0. The number of carbonyl (C=O) groups excluding carboxylic acids is 1. The minimum absolute atomic E-state index is 0.129. The molecule has 3 rings (SSSR count). The summed E-state index contributed by atoms with van der Waals surface area (Å²) in [7, 11) is 0. The summed E-state index contributed by atoms with van der Waals surface area (Å²) in [6, 6.07) is 9.37. The van der Waals surface area contributed by atoms with E-state index >= 15 is 0 Å². The Hall–Kier alpha value is -3.09. The summed E-state index contributed by atoms with van der Waals surface area (Å²) < 4.78 is 13.2. The molecular weight excluding hydrogens is 344 g/mol. The highest BCUT2D eigenvalue weighted by atomic mass is 16.5. The third kappa shape index (κ3) is 4.02. The van der Waals surface area contributed by atoms with E-state index in [2.05, 4.69) is 15.5 Å². The van der Waals surface area contributed by atoms with Gasteiger partial charge in [-0.2, -0.15) is 0 Å². The van der Waals surface area contributed by atoms with Crippen molar-refractivity contribution < 1.29 is 13.9 Å². The van der Waals surface area contributed by atoms with Gasteiger partial charge in [-0.25, -0.2) is 0 Å². The summed E-state index contributed by atoms with van der Waals surface area (Å²) in [5.74, 6) is 1.61. The number of nitrogens with zero attached hydrogens (tertiary/aromatic N) is 3. The maximum atomic E-state index is 12.6. The summed E-state index contributed by atoms with van der Waals surface area (Å²) in [6.45, 7) is 8.50. The normalized spacial score (nSPS) is 10.8. The second kappa shape index (κ2) is 8.07. The lowest BCUT2D eigenvalue weighted by atomic mass is 10.2. The number of hydrogen-bond acceptors (Lipinski definition) is 5. The van der Waals surface area contributed by atoms with Gasteiger partial charge in [-0.1, -0.05) is 19.1 Å². The molecule has 0 spiro atoms. The fourth-order valence-corrected chi connectivity index (χ4v) is 2.95. The summed E-state index contributed by atoms with van der Waals surface area (Å²) in [5, 5.41) is 11.0. The quantitative estimate of drug-likeness (QED) is 0.687. The van der Waals surface area contributed by atoms with Crippen molar-refractivity contribution in [2.45, 2.75) is 40.7 Å². The van der Waals surface area contributed by atoms with E-state index in [4.69, 9.17) is 9.15 Å². The van der Waals surface area contributed by atoms with Crippen molar-refractivity contribution in [2.75, 3.05) is 11.9 Å². The first-order valence-corrected chi connectivity index (χ1v) is 9.04. The van der Waals surface area contributed by atoms with Gasteiger partial charge in [-0.15, -0.1) is 10.2 Å². The van der Waals surface area contributed by atoms with Crippen LogP contribution < -0.4 is 10.1 Å². The fourth-order valence-electron chi connectivity index (χ4n) is 2.95. The highest BCUT2D eigenvalue weighted by Crippen LogP contribution is 2.27. The Bertz CT molecular complexity index is 943. The average Bonchev–Trinajstić information content (AvgIpc) is 3.23. The van der Waals surface area contributed by atoms with Crippen LogP contribution in [0, 0.1) is 13.8 Å². The average molecular weight is 368 g/mol. The molecule has 0 fully saturated rings. The largest absolute Gasteiger partial charge is 0.492 e. The molecule has 7 heteroatoms. The SMILES string of the molecule is CCOc1ccccc1NC(=O)Cn1c(C)cc(-c2nnc(CC)o2)c1C. The molecule has 7 nitrogen and oxygen atoms in total. The maximum Gasteiger partial charge on any atom is 0.249 e. The molecule has 1 aromatic carbocycles. The molecule has 0 saturated carbocycles. The number of carbonyl (C=O) groups is 1. The molecule has 2 aromatic heterocycles. The third-order valence-electron chi connectivity index (χ3n) is 4.34. The number of hydrogen-bond donors (Lipinski definition) is 1. The molecule has 27 heavy (non-hydrogen) atoms. The molecule has 1 N–H and O–H groups in total. The zero-order valence-electron chi connectivity index (χ0n) is 16.1. The van der Waals surface area contributed by atoms with Gasteiger partial charge in [0.2, 0.25) is 17.7 Å². The zero-order valence-corrected chi connectivity index (χ0v) is 16.1. The predicted molar refractivity (Wildman–Crippen MR) is 103 cm³/mol. The van der Waals surface area contributed by atoms with Crippen LogP contribution in [-0.2, 0) is 17.8 Å². The van der Waals surface area contributed by atoms with Crippen LogP contribution in [0.2, 0.25) is 0 Å². The second-order valence-corrected chi connectivity index (χ2v) is 6.20. The Labute approximate surface area is 158 Å². The molecule has 0 atom stereocenters. The minimum Gasteiger partial charge on any atom is -0.492 e. The van der Waals surface area contributed by atoms with Gasteiger partial charge in [0.15, 0.2) is 0 Å². The van der Waals surface area contributed by atoms with E-state index < -0.39 is 0 Å². The van der Waals surface area contributed by atoms with Gasteiger partial charge in [0.1, 0.15) is 12.3 Å². The van der Waals surface area contributed by atoms with Crippen molar-refractivity contribution in [1.82, 2.24) is 14.8 Å². The number of rotatable bonds is 7. The molecule has 0 saturated heterocycles. The Kier molecular flexibility index (Phi) is 5.59. The molecular formula is C20H24N4O3. The molecule has 3 aromatic rings. The molecule has 0 aliphatic rings.